The van der Waals surface area contributed by atoms with Gasteiger partial charge in [-0.1, -0.05) is 66.7 Å². The van der Waals surface area contributed by atoms with E-state index in [0.717, 1.165) is 12.0 Å². The fourth-order valence-electron chi connectivity index (χ4n) is 4.70. The number of carbonyl (C=O) groups excluding carboxylic acids is 2. The van der Waals surface area contributed by atoms with Gasteiger partial charge in [-0.3, -0.25) is 4.79 Å². The van der Waals surface area contributed by atoms with Crippen molar-refractivity contribution in [1.29, 1.82) is 0 Å². The summed E-state index contributed by atoms with van der Waals surface area (Å²) in [5, 5.41) is 6.57. The predicted molar refractivity (Wildman–Crippen MR) is 144 cm³/mol. The van der Waals surface area contributed by atoms with E-state index >= 15 is 0 Å². The van der Waals surface area contributed by atoms with Gasteiger partial charge in [-0.2, -0.15) is 0 Å². The lowest BCUT2D eigenvalue weighted by molar-refractivity contribution is -0.127. The Labute approximate surface area is 218 Å². The molecule has 1 aliphatic heterocycles. The molecule has 0 radical (unpaired) electrons. The van der Waals surface area contributed by atoms with Crippen LogP contribution in [0.5, 0.6) is 0 Å². The number of carbonyl (C=O) groups is 2. The number of aryl methyl sites for hydroxylation is 1. The number of amides is 3. The molecule has 1 unspecified atom stereocenters. The molecule has 0 aliphatic carbocycles. The Morgan fingerprint density at radius 3 is 2.38 bits per heavy atom. The number of nitrogens with one attached hydrogen (secondary N) is 2. The van der Waals surface area contributed by atoms with E-state index in [1.807, 2.05) is 60.7 Å². The molecule has 0 spiro atoms. The number of benzene rings is 2. The van der Waals surface area contributed by atoms with Crippen LogP contribution in [0.3, 0.4) is 0 Å². The van der Waals surface area contributed by atoms with Crippen molar-refractivity contribution in [3.63, 3.8) is 0 Å². The lowest BCUT2D eigenvalue weighted by Gasteiger charge is -2.39. The smallest absolute Gasteiger partial charge is 0.315 e. The fraction of sp³-hybridized carbons (Fsp3) is 0.310. The van der Waals surface area contributed by atoms with E-state index in [1.165, 1.54) is 5.56 Å². The van der Waals surface area contributed by atoms with E-state index in [2.05, 4.69) is 32.7 Å². The number of rotatable bonds is 10. The van der Waals surface area contributed by atoms with Crippen LogP contribution in [0.15, 0.2) is 85.2 Å². The second-order valence-corrected chi connectivity index (χ2v) is 9.20. The Morgan fingerprint density at radius 1 is 1.03 bits per heavy atom. The van der Waals surface area contributed by atoms with Crippen molar-refractivity contribution in [3.8, 4) is 0 Å². The van der Waals surface area contributed by atoms with Gasteiger partial charge >= 0.3 is 6.03 Å². The number of urea groups is 1. The highest BCUT2D eigenvalue weighted by atomic mass is 16.2. The van der Waals surface area contributed by atoms with Gasteiger partial charge in [0.1, 0.15) is 0 Å². The number of piperazine rings is 1. The van der Waals surface area contributed by atoms with Crippen molar-refractivity contribution in [2.24, 2.45) is 11.7 Å². The summed E-state index contributed by atoms with van der Waals surface area (Å²) in [5.41, 5.74) is 7.95. The molecule has 192 valence electrons. The first-order valence-electron chi connectivity index (χ1n) is 12.7. The molecule has 4 rings (SSSR count). The van der Waals surface area contributed by atoms with Crippen LogP contribution in [0, 0.1) is 5.92 Å². The summed E-state index contributed by atoms with van der Waals surface area (Å²) in [5.74, 6) is 0.00229. The molecule has 8 nitrogen and oxygen atoms in total. The Bertz CT molecular complexity index is 1160. The lowest BCUT2D eigenvalue weighted by atomic mass is 9.88. The molecule has 1 fully saturated rings. The summed E-state index contributed by atoms with van der Waals surface area (Å²) in [4.78, 5) is 36.3. The van der Waals surface area contributed by atoms with Crippen molar-refractivity contribution in [1.82, 2.24) is 25.5 Å². The maximum atomic E-state index is 13.9. The minimum Gasteiger partial charge on any atom is -0.351 e. The molecule has 0 saturated carbocycles. The van der Waals surface area contributed by atoms with Gasteiger partial charge in [0.05, 0.1) is 12.0 Å². The van der Waals surface area contributed by atoms with Gasteiger partial charge in [-0.15, -0.1) is 0 Å². The molecule has 2 aromatic carbocycles. The first kappa shape index (κ1) is 26.0. The lowest BCUT2D eigenvalue weighted by Crippen LogP contribution is -2.61. The van der Waals surface area contributed by atoms with Crippen LogP contribution < -0.4 is 16.4 Å². The Balaban J connectivity index is 1.56. The number of hydrogen-bond donors (Lipinski definition) is 3. The Hall–Kier alpha value is -4.04. The summed E-state index contributed by atoms with van der Waals surface area (Å²) < 4.78 is 0. The third kappa shape index (κ3) is 7.72. The van der Waals surface area contributed by atoms with Crippen molar-refractivity contribution in [2.45, 2.75) is 31.3 Å². The van der Waals surface area contributed by atoms with Crippen LogP contribution in [-0.2, 0) is 17.6 Å². The van der Waals surface area contributed by atoms with Gasteiger partial charge in [-0.25, -0.2) is 14.8 Å². The van der Waals surface area contributed by atoms with E-state index in [1.54, 1.807) is 23.4 Å². The Kier molecular flexibility index (Phi) is 9.37. The number of hydrogen-bond acceptors (Lipinski definition) is 5. The highest BCUT2D eigenvalue weighted by Gasteiger charge is 2.36. The van der Waals surface area contributed by atoms with Gasteiger partial charge in [-0.05, 0) is 42.5 Å². The zero-order valence-corrected chi connectivity index (χ0v) is 20.9. The van der Waals surface area contributed by atoms with Gasteiger partial charge in [0.2, 0.25) is 5.91 Å². The largest absolute Gasteiger partial charge is 0.351 e. The van der Waals surface area contributed by atoms with Crippen molar-refractivity contribution in [3.05, 3.63) is 102 Å². The summed E-state index contributed by atoms with van der Waals surface area (Å²) in [7, 11) is 0. The predicted octanol–water partition coefficient (Wildman–Crippen LogP) is 2.82. The first-order chi connectivity index (χ1) is 18.1. The SMILES string of the molecule is NC(=O)N1CCNCC1[C@H](Cc1ccccc1)C(=O)N[C@H](/C=C/c1ncccn1)CCc1ccccc1. The highest BCUT2D eigenvalue weighted by Crippen LogP contribution is 2.20. The van der Waals surface area contributed by atoms with Crippen LogP contribution in [0.2, 0.25) is 0 Å². The fourth-order valence-corrected chi connectivity index (χ4v) is 4.70. The van der Waals surface area contributed by atoms with Crippen LogP contribution >= 0.6 is 0 Å². The molecule has 3 atom stereocenters. The maximum Gasteiger partial charge on any atom is 0.315 e. The summed E-state index contributed by atoms with van der Waals surface area (Å²) in [6, 6.07) is 20.7. The van der Waals surface area contributed by atoms with Gasteiger partial charge in [0, 0.05) is 38.1 Å². The number of aromatic nitrogens is 2. The molecule has 3 amide bonds. The third-order valence-corrected chi connectivity index (χ3v) is 6.64. The molecule has 3 aromatic rings. The number of primary amides is 1. The molecular weight excluding hydrogens is 464 g/mol. The van der Waals surface area contributed by atoms with Gasteiger partial charge in [0.15, 0.2) is 5.82 Å². The molecule has 37 heavy (non-hydrogen) atoms. The van der Waals surface area contributed by atoms with E-state index in [-0.39, 0.29) is 18.0 Å². The minimum absolute atomic E-state index is 0.111. The topological polar surface area (TPSA) is 113 Å². The quantitative estimate of drug-likeness (QED) is 0.398. The summed E-state index contributed by atoms with van der Waals surface area (Å²) >= 11 is 0. The Morgan fingerprint density at radius 2 is 1.70 bits per heavy atom. The van der Waals surface area contributed by atoms with Crippen LogP contribution in [0.25, 0.3) is 6.08 Å². The second kappa shape index (κ2) is 13.3. The van der Waals surface area contributed by atoms with E-state index < -0.39 is 11.9 Å². The van der Waals surface area contributed by atoms with Crippen LogP contribution in [0.1, 0.15) is 23.4 Å². The first-order valence-corrected chi connectivity index (χ1v) is 12.7. The monoisotopic (exact) mass is 498 g/mol. The highest BCUT2D eigenvalue weighted by molar-refractivity contribution is 5.82. The third-order valence-electron chi connectivity index (χ3n) is 6.64. The van der Waals surface area contributed by atoms with E-state index in [4.69, 9.17) is 5.73 Å². The average Bonchev–Trinajstić information content (AvgIpc) is 2.94. The molecule has 8 heteroatoms. The average molecular weight is 499 g/mol. The van der Waals surface area contributed by atoms with Crippen molar-refractivity contribution < 1.29 is 9.59 Å². The number of nitrogens with two attached hydrogens (primary N) is 1. The molecule has 1 aromatic heterocycles. The molecule has 4 N–H and O–H groups in total. The molecule has 2 heterocycles. The molecule has 0 bridgehead atoms. The molecule has 1 saturated heterocycles. The molecule has 1 aliphatic rings. The van der Waals surface area contributed by atoms with Crippen molar-refractivity contribution in [2.75, 3.05) is 19.6 Å². The summed E-state index contributed by atoms with van der Waals surface area (Å²) in [6.45, 7) is 1.64. The zero-order valence-electron chi connectivity index (χ0n) is 20.9. The van der Waals surface area contributed by atoms with Crippen LogP contribution in [-0.4, -0.2) is 58.5 Å². The van der Waals surface area contributed by atoms with E-state index in [9.17, 15) is 9.59 Å². The zero-order chi connectivity index (χ0) is 25.9. The normalized spacial score (nSPS) is 17.3. The van der Waals surface area contributed by atoms with Crippen LogP contribution in [0.4, 0.5) is 4.79 Å². The second-order valence-electron chi connectivity index (χ2n) is 9.20. The standard InChI is InChI=1S/C29H34N6O2/c30-29(37)35-19-18-31-21-26(35)25(20-23-10-5-2-6-11-23)28(36)34-24(13-12-22-8-3-1-4-9-22)14-15-27-32-16-7-17-33-27/h1-11,14-17,24-26,31H,12-13,18-21H2,(H2,30,37)(H,34,36)/b15-14+/t24-,25-,26?/m0/s1. The van der Waals surface area contributed by atoms with Gasteiger partial charge in [0.25, 0.3) is 0 Å². The molecular formula is C29H34N6O2. The maximum absolute atomic E-state index is 13.9. The van der Waals surface area contributed by atoms with E-state index in [0.29, 0.717) is 38.3 Å². The number of nitrogens with zero attached hydrogens (tertiary/aromatic N) is 3. The minimum atomic E-state index is -0.501. The van der Waals surface area contributed by atoms with Gasteiger partial charge < -0.3 is 21.3 Å². The van der Waals surface area contributed by atoms with Crippen molar-refractivity contribution >= 4 is 18.0 Å². The summed E-state index contributed by atoms with van der Waals surface area (Å²) in [6.07, 6.45) is 9.16.